The third kappa shape index (κ3) is 5.16. The molecule has 0 radical (unpaired) electrons. The van der Waals surface area contributed by atoms with Crippen LogP contribution >= 0.6 is 0 Å². The monoisotopic (exact) mass is 406 g/mol. The number of carbonyl (C=O) groups excluding carboxylic acids is 2. The molecule has 154 valence electrons. The molecule has 2 aromatic rings. The fourth-order valence-corrected chi connectivity index (χ4v) is 2.85. The van der Waals surface area contributed by atoms with Crippen LogP contribution in [-0.2, 0) is 30.3 Å². The molecule has 0 spiro atoms. The van der Waals surface area contributed by atoms with Crippen LogP contribution in [0, 0.1) is 0 Å². The maximum Gasteiger partial charge on any atom is 0.338 e. The van der Waals surface area contributed by atoms with E-state index in [4.69, 9.17) is 18.9 Å². The lowest BCUT2D eigenvalue weighted by atomic mass is 10.1. The Hall–Kier alpha value is -2.84. The van der Waals surface area contributed by atoms with Crippen molar-refractivity contribution in [1.82, 2.24) is 0 Å². The van der Waals surface area contributed by atoms with Gasteiger partial charge in [0, 0.05) is 6.92 Å². The maximum atomic E-state index is 14.9. The van der Waals surface area contributed by atoms with Gasteiger partial charge in [-0.2, -0.15) is 0 Å². The molecule has 0 amide bonds. The fourth-order valence-electron chi connectivity index (χ4n) is 2.85. The molecule has 1 aliphatic heterocycles. The van der Waals surface area contributed by atoms with Gasteiger partial charge in [0.05, 0.1) is 12.2 Å². The first-order valence-electron chi connectivity index (χ1n) is 8.96. The summed E-state index contributed by atoms with van der Waals surface area (Å²) in [6.07, 6.45) is -5.28. The standard InChI is InChI=1S/C21H20F2O6/c1-14(24)28-20-18(26-12-15-8-4-2-5-9-15)21(22,23)17(29-20)13-27-19(25)16-10-6-3-7-11-16/h2-11,17-18,20H,12-13H2,1H3/t17-,18+,20?/m1/s1. The molecule has 29 heavy (non-hydrogen) atoms. The van der Waals surface area contributed by atoms with Gasteiger partial charge in [0.15, 0.2) is 12.2 Å². The Morgan fingerprint density at radius 3 is 2.28 bits per heavy atom. The summed E-state index contributed by atoms with van der Waals surface area (Å²) in [6, 6.07) is 16.7. The van der Waals surface area contributed by atoms with Gasteiger partial charge in [-0.25, -0.2) is 13.6 Å². The van der Waals surface area contributed by atoms with Crippen LogP contribution in [0.15, 0.2) is 60.7 Å². The van der Waals surface area contributed by atoms with Gasteiger partial charge in [0.1, 0.15) is 6.61 Å². The number of carbonyl (C=O) groups is 2. The Morgan fingerprint density at radius 1 is 1.03 bits per heavy atom. The first-order chi connectivity index (χ1) is 13.9. The summed E-state index contributed by atoms with van der Waals surface area (Å²) in [5, 5.41) is 0. The number of benzene rings is 2. The van der Waals surface area contributed by atoms with Crippen LogP contribution in [0.1, 0.15) is 22.8 Å². The van der Waals surface area contributed by atoms with Gasteiger partial charge < -0.3 is 18.9 Å². The number of halogens is 2. The van der Waals surface area contributed by atoms with Gasteiger partial charge in [0.25, 0.3) is 0 Å². The maximum absolute atomic E-state index is 14.9. The summed E-state index contributed by atoms with van der Waals surface area (Å²) in [4.78, 5) is 23.3. The van der Waals surface area contributed by atoms with E-state index >= 15 is 0 Å². The number of ether oxygens (including phenoxy) is 4. The van der Waals surface area contributed by atoms with Gasteiger partial charge in [-0.1, -0.05) is 48.5 Å². The van der Waals surface area contributed by atoms with Crippen molar-refractivity contribution in [2.45, 2.75) is 38.0 Å². The SMILES string of the molecule is CC(=O)OC1O[C@H](COC(=O)c2ccccc2)C(F)(F)[C@H]1OCc1ccccc1. The summed E-state index contributed by atoms with van der Waals surface area (Å²) < 4.78 is 50.2. The molecule has 0 N–H and O–H groups in total. The van der Waals surface area contributed by atoms with E-state index in [0.717, 1.165) is 6.92 Å². The van der Waals surface area contributed by atoms with Crippen LogP contribution < -0.4 is 0 Å². The molecule has 8 heteroatoms. The molecule has 3 rings (SSSR count). The van der Waals surface area contributed by atoms with Crippen molar-refractivity contribution in [1.29, 1.82) is 0 Å². The summed E-state index contributed by atoms with van der Waals surface area (Å²) in [7, 11) is 0. The number of hydrogen-bond donors (Lipinski definition) is 0. The minimum absolute atomic E-state index is 0.126. The van der Waals surface area contributed by atoms with Crippen LogP contribution in [0.2, 0.25) is 0 Å². The van der Waals surface area contributed by atoms with Gasteiger partial charge in [-0.05, 0) is 17.7 Å². The van der Waals surface area contributed by atoms with E-state index < -0.39 is 43.0 Å². The molecule has 1 aliphatic rings. The lowest BCUT2D eigenvalue weighted by Gasteiger charge is -2.23. The van der Waals surface area contributed by atoms with Crippen molar-refractivity contribution >= 4 is 11.9 Å². The minimum Gasteiger partial charge on any atom is -0.459 e. The first kappa shape index (κ1) is 20.9. The van der Waals surface area contributed by atoms with Crippen molar-refractivity contribution in [3.8, 4) is 0 Å². The molecule has 3 atom stereocenters. The molecule has 1 saturated heterocycles. The van der Waals surface area contributed by atoms with E-state index in [9.17, 15) is 18.4 Å². The largest absolute Gasteiger partial charge is 0.459 e. The molecular weight excluding hydrogens is 386 g/mol. The lowest BCUT2D eigenvalue weighted by Crippen LogP contribution is -2.44. The van der Waals surface area contributed by atoms with Gasteiger partial charge in [-0.15, -0.1) is 0 Å². The van der Waals surface area contributed by atoms with Gasteiger partial charge >= 0.3 is 17.9 Å². The lowest BCUT2D eigenvalue weighted by molar-refractivity contribution is -0.196. The third-order valence-electron chi connectivity index (χ3n) is 4.28. The fraction of sp³-hybridized carbons (Fsp3) is 0.333. The highest BCUT2D eigenvalue weighted by Crippen LogP contribution is 2.39. The zero-order valence-corrected chi connectivity index (χ0v) is 15.6. The number of hydrogen-bond acceptors (Lipinski definition) is 6. The Bertz CT molecular complexity index is 828. The zero-order chi connectivity index (χ0) is 20.9. The van der Waals surface area contributed by atoms with Crippen LogP contribution in [0.25, 0.3) is 0 Å². The van der Waals surface area contributed by atoms with Crippen molar-refractivity contribution in [2.75, 3.05) is 6.61 Å². The molecule has 6 nitrogen and oxygen atoms in total. The Kier molecular flexibility index (Phi) is 6.56. The van der Waals surface area contributed by atoms with E-state index in [0.29, 0.717) is 5.56 Å². The van der Waals surface area contributed by atoms with Gasteiger partial charge in [0.2, 0.25) is 6.29 Å². The summed E-state index contributed by atoms with van der Waals surface area (Å²) in [5.74, 6) is -5.10. The first-order valence-corrected chi connectivity index (χ1v) is 8.96. The van der Waals surface area contributed by atoms with Gasteiger partial charge in [-0.3, -0.25) is 4.79 Å². The molecule has 0 saturated carbocycles. The molecule has 1 unspecified atom stereocenters. The average molecular weight is 406 g/mol. The minimum atomic E-state index is -3.55. The van der Waals surface area contributed by atoms with E-state index in [1.807, 2.05) is 0 Å². The van der Waals surface area contributed by atoms with E-state index in [2.05, 4.69) is 0 Å². The molecular formula is C21H20F2O6. The van der Waals surface area contributed by atoms with Crippen molar-refractivity contribution in [3.05, 3.63) is 71.8 Å². The van der Waals surface area contributed by atoms with Crippen LogP contribution in [-0.4, -0.2) is 43.0 Å². The topological polar surface area (TPSA) is 71.1 Å². The predicted molar refractivity (Wildman–Crippen MR) is 97.1 cm³/mol. The van der Waals surface area contributed by atoms with Crippen LogP contribution in [0.5, 0.6) is 0 Å². The summed E-state index contributed by atoms with van der Waals surface area (Å²) in [5.41, 5.74) is 0.894. The number of alkyl halides is 2. The third-order valence-corrected chi connectivity index (χ3v) is 4.28. The molecule has 0 aliphatic carbocycles. The summed E-state index contributed by atoms with van der Waals surface area (Å²) in [6.45, 7) is 0.237. The van der Waals surface area contributed by atoms with Crippen molar-refractivity contribution in [2.24, 2.45) is 0 Å². The highest BCUT2D eigenvalue weighted by molar-refractivity contribution is 5.89. The normalized spacial score (nSPS) is 22.8. The predicted octanol–water partition coefficient (Wildman–Crippen LogP) is 3.35. The second-order valence-corrected chi connectivity index (χ2v) is 6.46. The second kappa shape index (κ2) is 9.11. The van der Waals surface area contributed by atoms with E-state index in [1.54, 1.807) is 48.5 Å². The Balaban J connectivity index is 1.67. The molecule has 0 aromatic heterocycles. The van der Waals surface area contributed by atoms with Crippen molar-refractivity contribution in [3.63, 3.8) is 0 Å². The zero-order valence-electron chi connectivity index (χ0n) is 15.6. The quantitative estimate of drug-likeness (QED) is 0.657. The molecule has 2 aromatic carbocycles. The van der Waals surface area contributed by atoms with Crippen LogP contribution in [0.4, 0.5) is 8.78 Å². The summed E-state index contributed by atoms with van der Waals surface area (Å²) >= 11 is 0. The van der Waals surface area contributed by atoms with E-state index in [-0.39, 0.29) is 12.2 Å². The average Bonchev–Trinajstić information content (AvgIpc) is 2.94. The number of esters is 2. The number of rotatable bonds is 7. The molecule has 1 heterocycles. The van der Waals surface area contributed by atoms with E-state index in [1.165, 1.54) is 12.1 Å². The Morgan fingerprint density at radius 2 is 1.66 bits per heavy atom. The molecule has 1 fully saturated rings. The second-order valence-electron chi connectivity index (χ2n) is 6.46. The highest BCUT2D eigenvalue weighted by Gasteiger charge is 2.61. The molecule has 0 bridgehead atoms. The Labute approximate surface area is 166 Å². The highest BCUT2D eigenvalue weighted by atomic mass is 19.3. The van der Waals surface area contributed by atoms with Crippen molar-refractivity contribution < 1.29 is 37.3 Å². The smallest absolute Gasteiger partial charge is 0.338 e. The van der Waals surface area contributed by atoms with Crippen LogP contribution in [0.3, 0.4) is 0 Å².